The van der Waals surface area contributed by atoms with Crippen molar-refractivity contribution in [1.29, 1.82) is 0 Å². The fourth-order valence-electron chi connectivity index (χ4n) is 3.18. The molecule has 0 bridgehead atoms. The minimum atomic E-state index is -1.80. The van der Waals surface area contributed by atoms with Crippen molar-refractivity contribution in [2.24, 2.45) is 10.2 Å². The van der Waals surface area contributed by atoms with Crippen LogP contribution in [0.4, 0.5) is 0 Å². The van der Waals surface area contributed by atoms with Crippen LogP contribution in [0.1, 0.15) is 66.2 Å². The minimum absolute atomic E-state index is 0.206. The second-order valence-electron chi connectivity index (χ2n) is 8.28. The summed E-state index contributed by atoms with van der Waals surface area (Å²) in [4.78, 5) is 0. The van der Waals surface area contributed by atoms with Gasteiger partial charge in [0, 0.05) is 0 Å². The lowest BCUT2D eigenvalue weighted by Crippen LogP contribution is -2.34. The average Bonchev–Trinajstić information content (AvgIpc) is 2.39. The van der Waals surface area contributed by atoms with E-state index in [2.05, 4.69) is 84.0 Å². The lowest BCUT2D eigenvalue weighted by molar-refractivity contribution is 0.296. The van der Waals surface area contributed by atoms with E-state index in [1.54, 1.807) is 0 Å². The smallest absolute Gasteiger partial charge is 0.166 e. The minimum Gasteiger partial charge on any atom is -0.257 e. The molecule has 0 saturated carbocycles. The molecular weight excluding hydrogens is 303 g/mol. The van der Waals surface area contributed by atoms with Crippen LogP contribution in [-0.2, 0) is 0 Å². The topological polar surface area (TPSA) is 22.1 Å². The molecule has 140 valence electrons. The summed E-state index contributed by atoms with van der Waals surface area (Å²) in [6.45, 7) is 9.28. The van der Waals surface area contributed by atoms with Crippen LogP contribution in [0.2, 0.25) is 0 Å². The van der Waals surface area contributed by atoms with E-state index < -0.39 is 7.51 Å². The van der Waals surface area contributed by atoms with Gasteiger partial charge in [0.15, 0.2) is 7.51 Å². The fourth-order valence-corrected chi connectivity index (χ4v) is 6.78. The van der Waals surface area contributed by atoms with Gasteiger partial charge in [0.05, 0.1) is 6.04 Å². The average molecular weight is 347 g/mol. The maximum Gasteiger partial charge on any atom is 0.166 e. The molecule has 1 atom stereocenters. The number of hydrogen-bond donors (Lipinski definition) is 0. The van der Waals surface area contributed by atoms with Crippen LogP contribution in [0.25, 0.3) is 0 Å². The molecule has 0 radical (unpaired) electrons. The van der Waals surface area contributed by atoms with Crippen molar-refractivity contribution in [3.05, 3.63) is 0 Å². The zero-order valence-corrected chi connectivity index (χ0v) is 18.5. The molecular formula is C18H43N4P. The maximum atomic E-state index is 5.48. The first-order valence-corrected chi connectivity index (χ1v) is 10.7. The first kappa shape index (κ1) is 23.1. The van der Waals surface area contributed by atoms with Gasteiger partial charge in [-0.25, -0.2) is 0 Å². The molecule has 4 nitrogen and oxygen atoms in total. The molecule has 23 heavy (non-hydrogen) atoms. The molecule has 5 heteroatoms. The third-order valence-corrected chi connectivity index (χ3v) is 8.29. The molecule has 0 aliphatic heterocycles. The van der Waals surface area contributed by atoms with Crippen LogP contribution < -0.4 is 0 Å². The fraction of sp³-hybridized carbons (Fsp3) is 1.00. The van der Waals surface area contributed by atoms with E-state index in [1.807, 2.05) is 0 Å². The zero-order valence-electron chi connectivity index (χ0n) is 17.6. The van der Waals surface area contributed by atoms with Crippen LogP contribution in [0, 0.1) is 5.41 Å². The summed E-state index contributed by atoms with van der Waals surface area (Å²) in [5.74, 6) is 0. The SMILES string of the molecule is CCCCCCCC(N=P(N(C)C)(N(C)C)N(C)C)C(C)(C)C. The highest BCUT2D eigenvalue weighted by atomic mass is 31.2. The Kier molecular flexibility index (Phi) is 10.2. The third-order valence-electron chi connectivity index (χ3n) is 4.49. The summed E-state index contributed by atoms with van der Waals surface area (Å²) < 4.78 is 12.5. The lowest BCUT2D eigenvalue weighted by atomic mass is 9.84. The van der Waals surface area contributed by atoms with Crippen LogP contribution in [0.15, 0.2) is 4.74 Å². The van der Waals surface area contributed by atoms with Gasteiger partial charge >= 0.3 is 0 Å². The number of nitrogens with zero attached hydrogens (tertiary/aromatic N) is 4. The van der Waals surface area contributed by atoms with Crippen molar-refractivity contribution < 1.29 is 0 Å². The summed E-state index contributed by atoms with van der Waals surface area (Å²) >= 11 is 0. The van der Waals surface area contributed by atoms with E-state index >= 15 is 0 Å². The predicted octanol–water partition coefficient (Wildman–Crippen LogP) is 5.39. The Labute approximate surface area is 146 Å². The molecule has 0 aliphatic rings. The van der Waals surface area contributed by atoms with Crippen LogP contribution in [-0.4, -0.2) is 62.3 Å². The van der Waals surface area contributed by atoms with E-state index in [9.17, 15) is 0 Å². The van der Waals surface area contributed by atoms with Crippen LogP contribution in [0.3, 0.4) is 0 Å². The third kappa shape index (κ3) is 6.86. The quantitative estimate of drug-likeness (QED) is 0.391. The molecule has 0 aliphatic carbocycles. The summed E-state index contributed by atoms with van der Waals surface area (Å²) in [6.07, 6.45) is 7.87. The highest BCUT2D eigenvalue weighted by Crippen LogP contribution is 2.56. The zero-order chi connectivity index (χ0) is 18.3. The van der Waals surface area contributed by atoms with E-state index in [1.165, 1.54) is 38.5 Å². The molecule has 0 fully saturated rings. The molecule has 0 heterocycles. The molecule has 0 aromatic heterocycles. The van der Waals surface area contributed by atoms with Crippen LogP contribution >= 0.6 is 7.51 Å². The number of rotatable bonds is 10. The van der Waals surface area contributed by atoms with Gasteiger partial charge < -0.3 is 0 Å². The second kappa shape index (κ2) is 10.2. The molecule has 0 aromatic carbocycles. The Morgan fingerprint density at radius 3 is 1.57 bits per heavy atom. The molecule has 0 N–H and O–H groups in total. The highest BCUT2D eigenvalue weighted by Gasteiger charge is 2.33. The summed E-state index contributed by atoms with van der Waals surface area (Å²) in [5.41, 5.74) is 0.206. The predicted molar refractivity (Wildman–Crippen MR) is 107 cm³/mol. The maximum absolute atomic E-state index is 5.48. The lowest BCUT2D eigenvalue weighted by Gasteiger charge is -2.43. The van der Waals surface area contributed by atoms with Crippen molar-refractivity contribution in [3.8, 4) is 0 Å². The first-order chi connectivity index (χ1) is 10.5. The summed E-state index contributed by atoms with van der Waals surface area (Å²) in [7, 11) is 11.2. The van der Waals surface area contributed by atoms with E-state index in [-0.39, 0.29) is 5.41 Å². The van der Waals surface area contributed by atoms with Crippen molar-refractivity contribution in [1.82, 2.24) is 14.0 Å². The van der Waals surface area contributed by atoms with Crippen molar-refractivity contribution in [2.75, 3.05) is 42.3 Å². The van der Waals surface area contributed by atoms with Crippen LogP contribution in [0.5, 0.6) is 0 Å². The highest BCUT2D eigenvalue weighted by molar-refractivity contribution is 7.59. The van der Waals surface area contributed by atoms with Gasteiger partial charge in [0.1, 0.15) is 0 Å². The Bertz CT molecular complexity index is 341. The molecule has 0 rings (SSSR count). The van der Waals surface area contributed by atoms with Gasteiger partial charge in [0.2, 0.25) is 0 Å². The second-order valence-corrected chi connectivity index (χ2v) is 12.0. The van der Waals surface area contributed by atoms with Gasteiger partial charge in [-0.3, -0.25) is 18.8 Å². The van der Waals surface area contributed by atoms with Crippen molar-refractivity contribution in [2.45, 2.75) is 72.3 Å². The van der Waals surface area contributed by atoms with E-state index in [0.717, 1.165) is 0 Å². The normalized spacial score (nSPS) is 14.8. The molecule has 0 spiro atoms. The van der Waals surface area contributed by atoms with Crippen molar-refractivity contribution >= 4 is 7.51 Å². The Hall–Kier alpha value is 0.110. The van der Waals surface area contributed by atoms with E-state index in [4.69, 9.17) is 4.74 Å². The molecule has 1 unspecified atom stereocenters. The van der Waals surface area contributed by atoms with Gasteiger partial charge in [-0.1, -0.05) is 59.8 Å². The molecule has 0 aromatic rings. The monoisotopic (exact) mass is 346 g/mol. The van der Waals surface area contributed by atoms with Gasteiger partial charge in [-0.2, -0.15) is 0 Å². The Morgan fingerprint density at radius 1 is 0.783 bits per heavy atom. The van der Waals surface area contributed by atoms with Gasteiger partial charge in [-0.15, -0.1) is 0 Å². The Morgan fingerprint density at radius 2 is 1.22 bits per heavy atom. The number of unbranched alkanes of at least 4 members (excludes halogenated alkanes) is 4. The van der Waals surface area contributed by atoms with Gasteiger partial charge in [-0.05, 0) is 54.1 Å². The molecule has 0 amide bonds. The van der Waals surface area contributed by atoms with Gasteiger partial charge in [0.25, 0.3) is 0 Å². The number of hydrogen-bond acceptors (Lipinski definition) is 1. The van der Waals surface area contributed by atoms with E-state index in [0.29, 0.717) is 6.04 Å². The summed E-state index contributed by atoms with van der Waals surface area (Å²) in [5, 5.41) is 0. The standard InChI is InChI=1S/C18H43N4P/c1-11-12-13-14-15-16-17(18(2,3)4)19-23(20(5)6,21(7)8)22(9)10/h17H,11-16H2,1-10H3. The summed E-state index contributed by atoms with van der Waals surface area (Å²) in [6, 6.07) is 0.393. The molecule has 0 saturated heterocycles. The Balaban J connectivity index is 5.43. The van der Waals surface area contributed by atoms with Crippen molar-refractivity contribution in [3.63, 3.8) is 0 Å². The first-order valence-electron chi connectivity index (χ1n) is 9.15. The largest absolute Gasteiger partial charge is 0.257 e.